The summed E-state index contributed by atoms with van der Waals surface area (Å²) in [6.07, 6.45) is 0. The van der Waals surface area contributed by atoms with Crippen molar-refractivity contribution in [2.24, 2.45) is 0 Å². The van der Waals surface area contributed by atoms with Gasteiger partial charge in [-0.25, -0.2) is 8.17 Å². The number of aromatic nitrogens is 3. The van der Waals surface area contributed by atoms with Crippen LogP contribution in [0, 0.1) is 0 Å². The quantitative estimate of drug-likeness (QED) is 0.412. The summed E-state index contributed by atoms with van der Waals surface area (Å²) in [6.45, 7) is 0. The number of halogens is 2. The fourth-order valence-electron chi connectivity index (χ4n) is 0.410. The minimum absolute atomic E-state index is 0. The normalized spacial score (nSPS) is 9.17. The second-order valence-corrected chi connectivity index (χ2v) is 2.20. The maximum atomic E-state index is 10.6. The Morgan fingerprint density at radius 1 is 1.00 bits per heavy atom. The molecule has 0 saturated heterocycles. The van der Waals surface area contributed by atoms with Gasteiger partial charge in [-0.15, -0.1) is 0 Å². The summed E-state index contributed by atoms with van der Waals surface area (Å²) in [7, 11) is 0. The fourth-order valence-corrected chi connectivity index (χ4v) is 0.676. The van der Waals surface area contributed by atoms with Gasteiger partial charge in [0.15, 0.2) is 0 Å². The summed E-state index contributed by atoms with van der Waals surface area (Å²) in [5.41, 5.74) is -3.41. The van der Waals surface area contributed by atoms with Crippen molar-refractivity contribution in [3.8, 4) is 0 Å². The maximum absolute atomic E-state index is 10.6. The Morgan fingerprint density at radius 3 is 1.67 bits per heavy atom. The van der Waals surface area contributed by atoms with Crippen molar-refractivity contribution in [3.05, 3.63) is 31.5 Å². The van der Waals surface area contributed by atoms with E-state index in [0.717, 1.165) is 0 Å². The second-order valence-electron chi connectivity index (χ2n) is 1.52. The van der Waals surface area contributed by atoms with E-state index in [9.17, 15) is 14.4 Å². The molecule has 0 aliphatic heterocycles. The first-order chi connectivity index (χ1) is 5.04. The summed E-state index contributed by atoms with van der Waals surface area (Å²) in [5, 5.41) is 0. The van der Waals surface area contributed by atoms with E-state index in [1.165, 1.54) is 0 Å². The van der Waals surface area contributed by atoms with E-state index >= 15 is 0 Å². The molecule has 0 aromatic carbocycles. The molecule has 12 heavy (non-hydrogen) atoms. The third kappa shape index (κ3) is 2.02. The molecule has 0 N–H and O–H groups in total. The zero-order valence-corrected chi connectivity index (χ0v) is 9.33. The van der Waals surface area contributed by atoms with Crippen molar-refractivity contribution in [1.82, 2.24) is 13.2 Å². The van der Waals surface area contributed by atoms with Gasteiger partial charge < -0.3 is 0 Å². The van der Waals surface area contributed by atoms with E-state index in [1.54, 1.807) is 0 Å². The minimum Gasteiger partial charge on any atom is -0.284 e. The van der Waals surface area contributed by atoms with E-state index in [0.29, 0.717) is 0 Å². The largest absolute Gasteiger partial charge is 1.00 e. The number of nitrogens with zero attached hydrogens (tertiary/aromatic N) is 3. The van der Waals surface area contributed by atoms with E-state index in [2.05, 4.69) is 4.98 Å². The smallest absolute Gasteiger partial charge is 0.284 e. The topological polar surface area (TPSA) is 75.2 Å². The zero-order chi connectivity index (χ0) is 8.59. The summed E-state index contributed by atoms with van der Waals surface area (Å²) in [5.74, 6) is 0. The molecule has 1 heterocycles. The first kappa shape index (κ1) is 12.0. The van der Waals surface area contributed by atoms with Crippen LogP contribution in [-0.4, -0.2) is 8.17 Å². The summed E-state index contributed by atoms with van der Waals surface area (Å²) in [6, 6.07) is 0. The van der Waals surface area contributed by atoms with Crippen molar-refractivity contribution in [2.75, 3.05) is 0 Å². The van der Waals surface area contributed by atoms with Gasteiger partial charge in [0.25, 0.3) is 0 Å². The van der Waals surface area contributed by atoms with Crippen molar-refractivity contribution < 1.29 is 29.6 Å². The van der Waals surface area contributed by atoms with Crippen LogP contribution in [0.4, 0.5) is 0 Å². The molecule has 0 spiro atoms. The van der Waals surface area contributed by atoms with E-state index in [-0.39, 0.29) is 37.7 Å². The Kier molecular flexibility index (Phi) is 4.29. The van der Waals surface area contributed by atoms with Crippen LogP contribution in [0.3, 0.4) is 0 Å². The Balaban J connectivity index is 0.00000121. The molecule has 60 valence electrons. The molecule has 0 amide bonds. The third-order valence-electron chi connectivity index (χ3n) is 0.863. The molecular formula is C3Cl2N3NaO3. The molecule has 0 bridgehead atoms. The van der Waals surface area contributed by atoms with Gasteiger partial charge in [0.05, 0.1) is 0 Å². The molecule has 0 fully saturated rings. The molecule has 1 aromatic rings. The SMILES string of the molecule is O=c1[n-]c(=O)n(Cl)c(=O)n1Cl.[Na+]. The fraction of sp³-hybridized carbons (Fsp3) is 0. The molecule has 0 radical (unpaired) electrons. The average molecular weight is 220 g/mol. The summed E-state index contributed by atoms with van der Waals surface area (Å²) < 4.78 is 0.211. The molecule has 1 aromatic heterocycles. The molecule has 0 saturated carbocycles. The van der Waals surface area contributed by atoms with Gasteiger partial charge in [-0.3, -0.25) is 19.4 Å². The standard InChI is InChI=1S/C3HCl2N3O3.Na/c4-7-1(9)6-2(10)8(5)3(7)11;/h(H,6,9,10);/q;+1/p-1. The third-order valence-corrected chi connectivity index (χ3v) is 1.44. The van der Waals surface area contributed by atoms with E-state index < -0.39 is 17.1 Å². The van der Waals surface area contributed by atoms with Crippen molar-refractivity contribution in [3.63, 3.8) is 0 Å². The molecule has 0 unspecified atom stereocenters. The van der Waals surface area contributed by atoms with Crippen LogP contribution in [0.1, 0.15) is 0 Å². The first-order valence-corrected chi connectivity index (χ1v) is 2.97. The average Bonchev–Trinajstić information content (AvgIpc) is 1.97. The molecule has 0 aliphatic carbocycles. The van der Waals surface area contributed by atoms with Gasteiger partial charge in [0.2, 0.25) is 17.1 Å². The minimum atomic E-state index is -1.14. The maximum Gasteiger partial charge on any atom is 1.00 e. The van der Waals surface area contributed by atoms with Gasteiger partial charge in [0.1, 0.15) is 0 Å². The molecule has 1 rings (SSSR count). The summed E-state index contributed by atoms with van der Waals surface area (Å²) in [4.78, 5) is 34.3. The number of rotatable bonds is 0. The van der Waals surface area contributed by atoms with Gasteiger partial charge in [-0.05, 0) is 0 Å². The number of hydrogen-bond donors (Lipinski definition) is 0. The van der Waals surface area contributed by atoms with Gasteiger partial charge in [0, 0.05) is 0 Å². The van der Waals surface area contributed by atoms with Gasteiger partial charge in [-0.1, -0.05) is 23.6 Å². The van der Waals surface area contributed by atoms with Crippen LogP contribution in [0.25, 0.3) is 0 Å². The van der Waals surface area contributed by atoms with Crippen LogP contribution in [0.15, 0.2) is 14.4 Å². The van der Waals surface area contributed by atoms with Crippen LogP contribution in [0.2, 0.25) is 0 Å². The Labute approximate surface area is 97.2 Å². The first-order valence-electron chi connectivity index (χ1n) is 2.29. The van der Waals surface area contributed by atoms with Crippen molar-refractivity contribution in [2.45, 2.75) is 0 Å². The van der Waals surface area contributed by atoms with E-state index in [1.807, 2.05) is 0 Å². The van der Waals surface area contributed by atoms with Crippen molar-refractivity contribution in [1.29, 1.82) is 0 Å². The monoisotopic (exact) mass is 219 g/mol. The van der Waals surface area contributed by atoms with Crippen LogP contribution in [-0.2, 0) is 0 Å². The zero-order valence-electron chi connectivity index (χ0n) is 5.82. The predicted octanol–water partition coefficient (Wildman–Crippen LogP) is -4.66. The van der Waals surface area contributed by atoms with Gasteiger partial charge >= 0.3 is 29.6 Å². The van der Waals surface area contributed by atoms with Crippen molar-refractivity contribution >= 4 is 23.6 Å². The Hall–Kier alpha value is -0.0100. The van der Waals surface area contributed by atoms with Crippen LogP contribution in [0.5, 0.6) is 0 Å². The molecule has 0 atom stereocenters. The van der Waals surface area contributed by atoms with Crippen LogP contribution < -0.4 is 51.6 Å². The summed E-state index contributed by atoms with van der Waals surface area (Å²) >= 11 is 10.1. The Morgan fingerprint density at radius 2 is 1.33 bits per heavy atom. The van der Waals surface area contributed by atoms with Crippen LogP contribution >= 0.6 is 23.6 Å². The molecule has 0 aliphatic rings. The second kappa shape index (κ2) is 4.29. The van der Waals surface area contributed by atoms with Gasteiger partial charge in [-0.2, -0.15) is 0 Å². The Bertz CT molecular complexity index is 408. The number of hydrogen-bond acceptors (Lipinski definition) is 3. The molecular weight excluding hydrogens is 220 g/mol. The molecule has 6 nitrogen and oxygen atoms in total. The van der Waals surface area contributed by atoms with E-state index in [4.69, 9.17) is 23.6 Å². The molecule has 9 heteroatoms. The predicted molar refractivity (Wildman–Crippen MR) is 37.1 cm³/mol.